The highest BCUT2D eigenvalue weighted by Crippen LogP contribution is 2.02. The van der Waals surface area contributed by atoms with Gasteiger partial charge >= 0.3 is 0 Å². The van der Waals surface area contributed by atoms with Crippen LogP contribution in [0.25, 0.3) is 0 Å². The van der Waals surface area contributed by atoms with Crippen LogP contribution in [0.3, 0.4) is 0 Å². The largest absolute Gasteiger partial charge is 0.382 e. The standard InChI is InChI=1S/C9H13N5/c1-2-13-6-8(5-11-13)7-14-4-3-9(10)12-14/h3-6H,2,7H2,1H3,(H2,10,12). The van der Waals surface area contributed by atoms with Gasteiger partial charge in [0.05, 0.1) is 12.7 Å². The highest BCUT2D eigenvalue weighted by molar-refractivity contribution is 5.24. The van der Waals surface area contributed by atoms with E-state index < -0.39 is 0 Å². The molecule has 0 saturated carbocycles. The summed E-state index contributed by atoms with van der Waals surface area (Å²) in [6, 6.07) is 1.78. The lowest BCUT2D eigenvalue weighted by molar-refractivity contribution is 0.655. The van der Waals surface area contributed by atoms with E-state index in [2.05, 4.69) is 17.1 Å². The molecular weight excluding hydrogens is 178 g/mol. The van der Waals surface area contributed by atoms with Crippen LogP contribution in [0.1, 0.15) is 12.5 Å². The third-order valence-electron chi connectivity index (χ3n) is 2.02. The molecule has 0 unspecified atom stereocenters. The van der Waals surface area contributed by atoms with Gasteiger partial charge in [-0.2, -0.15) is 10.2 Å². The Labute approximate surface area is 82.1 Å². The SMILES string of the molecule is CCn1cc(Cn2ccc(N)n2)cn1. The van der Waals surface area contributed by atoms with Crippen molar-refractivity contribution < 1.29 is 0 Å². The molecule has 2 heterocycles. The summed E-state index contributed by atoms with van der Waals surface area (Å²) in [7, 11) is 0. The molecule has 74 valence electrons. The smallest absolute Gasteiger partial charge is 0.145 e. The van der Waals surface area contributed by atoms with Crippen LogP contribution in [0, 0.1) is 0 Å². The van der Waals surface area contributed by atoms with Crippen LogP contribution in [0.2, 0.25) is 0 Å². The third kappa shape index (κ3) is 1.76. The lowest BCUT2D eigenvalue weighted by atomic mass is 10.4. The molecule has 14 heavy (non-hydrogen) atoms. The highest BCUT2D eigenvalue weighted by Gasteiger charge is 1.99. The average molecular weight is 191 g/mol. The number of nitrogens with zero attached hydrogens (tertiary/aromatic N) is 4. The Bertz CT molecular complexity index is 414. The van der Waals surface area contributed by atoms with E-state index in [1.54, 1.807) is 10.7 Å². The molecule has 0 bridgehead atoms. The van der Waals surface area contributed by atoms with Crippen molar-refractivity contribution >= 4 is 5.82 Å². The molecule has 0 saturated heterocycles. The number of nitrogens with two attached hydrogens (primary N) is 1. The summed E-state index contributed by atoms with van der Waals surface area (Å²) in [5.41, 5.74) is 6.65. The normalized spacial score (nSPS) is 10.6. The van der Waals surface area contributed by atoms with Gasteiger partial charge in [-0.3, -0.25) is 9.36 Å². The Hall–Kier alpha value is -1.78. The summed E-state index contributed by atoms with van der Waals surface area (Å²) in [6.45, 7) is 3.67. The number of hydrogen-bond acceptors (Lipinski definition) is 3. The van der Waals surface area contributed by atoms with Gasteiger partial charge in [-0.15, -0.1) is 0 Å². The Balaban J connectivity index is 2.10. The first kappa shape index (κ1) is 8.80. The monoisotopic (exact) mass is 191 g/mol. The Kier molecular flexibility index (Phi) is 2.22. The summed E-state index contributed by atoms with van der Waals surface area (Å²) in [5.74, 6) is 0.549. The van der Waals surface area contributed by atoms with Gasteiger partial charge in [0.15, 0.2) is 0 Å². The van der Waals surface area contributed by atoms with Gasteiger partial charge in [0.25, 0.3) is 0 Å². The van der Waals surface area contributed by atoms with Crippen LogP contribution < -0.4 is 5.73 Å². The van der Waals surface area contributed by atoms with E-state index in [0.29, 0.717) is 5.82 Å². The summed E-state index contributed by atoms with van der Waals surface area (Å²) in [5, 5.41) is 8.28. The van der Waals surface area contributed by atoms with E-state index in [-0.39, 0.29) is 0 Å². The van der Waals surface area contributed by atoms with Crippen LogP contribution in [0.4, 0.5) is 5.82 Å². The van der Waals surface area contributed by atoms with Crippen LogP contribution >= 0.6 is 0 Å². The second-order valence-electron chi connectivity index (χ2n) is 3.14. The number of aryl methyl sites for hydroxylation is 1. The molecule has 0 amide bonds. The second-order valence-corrected chi connectivity index (χ2v) is 3.14. The Morgan fingerprint density at radius 3 is 2.86 bits per heavy atom. The van der Waals surface area contributed by atoms with Crippen molar-refractivity contribution in [3.8, 4) is 0 Å². The molecule has 2 aromatic rings. The van der Waals surface area contributed by atoms with Crippen molar-refractivity contribution in [1.82, 2.24) is 19.6 Å². The first-order chi connectivity index (χ1) is 6.78. The van der Waals surface area contributed by atoms with Gasteiger partial charge in [-0.1, -0.05) is 0 Å². The van der Waals surface area contributed by atoms with Crippen LogP contribution in [-0.2, 0) is 13.1 Å². The molecule has 0 aromatic carbocycles. The quantitative estimate of drug-likeness (QED) is 0.778. The summed E-state index contributed by atoms with van der Waals surface area (Å²) in [6.07, 6.45) is 5.72. The van der Waals surface area contributed by atoms with Crippen LogP contribution in [0.15, 0.2) is 24.7 Å². The fraction of sp³-hybridized carbons (Fsp3) is 0.333. The fourth-order valence-electron chi connectivity index (χ4n) is 1.31. The Morgan fingerprint density at radius 2 is 2.29 bits per heavy atom. The van der Waals surface area contributed by atoms with Crippen LogP contribution in [-0.4, -0.2) is 19.6 Å². The van der Waals surface area contributed by atoms with E-state index in [4.69, 9.17) is 5.73 Å². The minimum absolute atomic E-state index is 0.549. The molecule has 5 nitrogen and oxygen atoms in total. The number of anilines is 1. The second kappa shape index (κ2) is 3.53. The molecule has 2 rings (SSSR count). The van der Waals surface area contributed by atoms with Gasteiger partial charge in [-0.25, -0.2) is 0 Å². The zero-order valence-corrected chi connectivity index (χ0v) is 8.09. The lowest BCUT2D eigenvalue weighted by Gasteiger charge is -1.96. The maximum atomic E-state index is 5.51. The molecule has 0 aliphatic carbocycles. The number of hydrogen-bond donors (Lipinski definition) is 1. The van der Waals surface area contributed by atoms with E-state index in [0.717, 1.165) is 18.7 Å². The summed E-state index contributed by atoms with van der Waals surface area (Å²) in [4.78, 5) is 0. The van der Waals surface area contributed by atoms with Crippen molar-refractivity contribution in [3.05, 3.63) is 30.2 Å². The van der Waals surface area contributed by atoms with Gasteiger partial charge in [0.2, 0.25) is 0 Å². The zero-order chi connectivity index (χ0) is 9.97. The van der Waals surface area contributed by atoms with Crippen LogP contribution in [0.5, 0.6) is 0 Å². The zero-order valence-electron chi connectivity index (χ0n) is 8.09. The molecule has 0 radical (unpaired) electrons. The minimum Gasteiger partial charge on any atom is -0.382 e. The molecule has 2 N–H and O–H groups in total. The highest BCUT2D eigenvalue weighted by atomic mass is 15.3. The summed E-state index contributed by atoms with van der Waals surface area (Å²) >= 11 is 0. The summed E-state index contributed by atoms with van der Waals surface area (Å²) < 4.78 is 3.69. The molecule has 0 spiro atoms. The van der Waals surface area contributed by atoms with Crippen molar-refractivity contribution in [3.63, 3.8) is 0 Å². The van der Waals surface area contributed by atoms with Crippen molar-refractivity contribution in [2.75, 3.05) is 5.73 Å². The maximum Gasteiger partial charge on any atom is 0.145 e. The number of aromatic nitrogens is 4. The van der Waals surface area contributed by atoms with E-state index in [1.165, 1.54) is 0 Å². The minimum atomic E-state index is 0.549. The molecule has 0 aliphatic heterocycles. The molecular formula is C9H13N5. The predicted molar refractivity (Wildman–Crippen MR) is 53.6 cm³/mol. The van der Waals surface area contributed by atoms with Crippen molar-refractivity contribution in [2.24, 2.45) is 0 Å². The van der Waals surface area contributed by atoms with E-state index in [9.17, 15) is 0 Å². The molecule has 5 heteroatoms. The predicted octanol–water partition coefficient (Wildman–Crippen LogP) is 0.730. The fourth-order valence-corrected chi connectivity index (χ4v) is 1.31. The maximum absolute atomic E-state index is 5.51. The first-order valence-electron chi connectivity index (χ1n) is 4.58. The van der Waals surface area contributed by atoms with E-state index in [1.807, 2.05) is 23.3 Å². The molecule has 0 aliphatic rings. The van der Waals surface area contributed by atoms with Gasteiger partial charge in [-0.05, 0) is 13.0 Å². The van der Waals surface area contributed by atoms with Crippen molar-refractivity contribution in [1.29, 1.82) is 0 Å². The third-order valence-corrected chi connectivity index (χ3v) is 2.02. The average Bonchev–Trinajstić information content (AvgIpc) is 2.76. The van der Waals surface area contributed by atoms with E-state index >= 15 is 0 Å². The topological polar surface area (TPSA) is 61.7 Å². The van der Waals surface area contributed by atoms with Gasteiger partial charge < -0.3 is 5.73 Å². The van der Waals surface area contributed by atoms with Gasteiger partial charge in [0.1, 0.15) is 5.82 Å². The number of nitrogen functional groups attached to an aromatic ring is 1. The molecule has 0 atom stereocenters. The first-order valence-corrected chi connectivity index (χ1v) is 4.58. The Morgan fingerprint density at radius 1 is 1.43 bits per heavy atom. The van der Waals surface area contributed by atoms with Crippen molar-refractivity contribution in [2.45, 2.75) is 20.0 Å². The molecule has 0 fully saturated rings. The lowest BCUT2D eigenvalue weighted by Crippen LogP contribution is -2.00. The number of rotatable bonds is 3. The van der Waals surface area contributed by atoms with Gasteiger partial charge in [0, 0.05) is 24.5 Å². The molecule has 2 aromatic heterocycles.